The van der Waals surface area contributed by atoms with Crippen molar-refractivity contribution in [3.63, 3.8) is 0 Å². The number of nitrogens with one attached hydrogen (secondary N) is 3. The van der Waals surface area contributed by atoms with Crippen LogP contribution in [0.4, 0.5) is 11.4 Å². The number of carbonyl (C=O) groups is 1. The molecule has 1 amide bonds. The molecule has 0 radical (unpaired) electrons. The number of fused-ring (bicyclic) bond motifs is 1. The van der Waals surface area contributed by atoms with Crippen LogP contribution in [0.25, 0.3) is 0 Å². The Labute approximate surface area is 119 Å². The molecule has 1 aromatic rings. The van der Waals surface area contributed by atoms with E-state index in [1.807, 2.05) is 18.2 Å². The van der Waals surface area contributed by atoms with E-state index in [-0.39, 0.29) is 5.91 Å². The summed E-state index contributed by atoms with van der Waals surface area (Å²) in [5.74, 6) is 0.0143. The monoisotopic (exact) mass is 274 g/mol. The Hall–Kier alpha value is -1.75. The van der Waals surface area contributed by atoms with Crippen molar-refractivity contribution in [2.24, 2.45) is 0 Å². The first kappa shape index (κ1) is 13.2. The summed E-state index contributed by atoms with van der Waals surface area (Å²) in [6, 6.07) is 6.26. The number of hydrogen-bond acceptors (Lipinski definition) is 4. The van der Waals surface area contributed by atoms with Gasteiger partial charge in [-0.1, -0.05) is 0 Å². The Morgan fingerprint density at radius 1 is 1.35 bits per heavy atom. The van der Waals surface area contributed by atoms with Crippen molar-refractivity contribution in [2.45, 2.75) is 18.9 Å². The number of nitrogens with zero attached hydrogens (tertiary/aromatic N) is 1. The zero-order chi connectivity index (χ0) is 13.9. The highest BCUT2D eigenvalue weighted by Crippen LogP contribution is 2.25. The van der Waals surface area contributed by atoms with Crippen molar-refractivity contribution < 1.29 is 4.79 Å². The van der Waals surface area contributed by atoms with E-state index in [1.165, 1.54) is 12.8 Å². The molecule has 0 spiro atoms. The van der Waals surface area contributed by atoms with Crippen LogP contribution in [-0.2, 0) is 0 Å². The number of hydrogen-bond donors (Lipinski definition) is 3. The summed E-state index contributed by atoms with van der Waals surface area (Å²) in [6.07, 6.45) is 2.40. The van der Waals surface area contributed by atoms with Gasteiger partial charge in [0, 0.05) is 31.2 Å². The lowest BCUT2D eigenvalue weighted by molar-refractivity contribution is 0.0943. The molecule has 20 heavy (non-hydrogen) atoms. The summed E-state index contributed by atoms with van der Waals surface area (Å²) in [5, 5.41) is 9.67. The van der Waals surface area contributed by atoms with E-state index in [1.54, 1.807) is 0 Å². The van der Waals surface area contributed by atoms with Crippen molar-refractivity contribution in [3.05, 3.63) is 23.8 Å². The SMILES string of the molecule is CN1CCCC1CNC(=O)c1ccc2c(c1)NCCN2. The van der Waals surface area contributed by atoms with Crippen LogP contribution in [0.3, 0.4) is 0 Å². The van der Waals surface area contributed by atoms with Crippen molar-refractivity contribution >= 4 is 17.3 Å². The second-order valence-electron chi connectivity index (χ2n) is 5.60. The van der Waals surface area contributed by atoms with E-state index >= 15 is 0 Å². The third-order valence-electron chi connectivity index (χ3n) is 4.21. The highest BCUT2D eigenvalue weighted by atomic mass is 16.1. The molecule has 5 nitrogen and oxygen atoms in total. The molecule has 0 bridgehead atoms. The average molecular weight is 274 g/mol. The normalized spacial score (nSPS) is 21.8. The Bertz CT molecular complexity index is 503. The van der Waals surface area contributed by atoms with Gasteiger partial charge in [0.25, 0.3) is 5.91 Å². The number of carbonyl (C=O) groups excluding carboxylic acids is 1. The zero-order valence-corrected chi connectivity index (χ0v) is 11.9. The first-order valence-corrected chi connectivity index (χ1v) is 7.34. The van der Waals surface area contributed by atoms with Gasteiger partial charge < -0.3 is 20.9 Å². The largest absolute Gasteiger partial charge is 0.382 e. The Morgan fingerprint density at radius 3 is 2.90 bits per heavy atom. The lowest BCUT2D eigenvalue weighted by atomic mass is 10.1. The maximum atomic E-state index is 12.2. The van der Waals surface area contributed by atoms with Gasteiger partial charge in [-0.3, -0.25) is 4.79 Å². The van der Waals surface area contributed by atoms with Crippen LogP contribution in [0.5, 0.6) is 0 Å². The maximum Gasteiger partial charge on any atom is 0.251 e. The third-order valence-corrected chi connectivity index (χ3v) is 4.21. The van der Waals surface area contributed by atoms with Crippen molar-refractivity contribution in [2.75, 3.05) is 43.9 Å². The number of amides is 1. The number of likely N-dealkylation sites (tertiary alicyclic amines) is 1. The van der Waals surface area contributed by atoms with Gasteiger partial charge in [-0.05, 0) is 44.6 Å². The highest BCUT2D eigenvalue weighted by Gasteiger charge is 2.21. The molecule has 2 aliphatic heterocycles. The molecule has 1 saturated heterocycles. The minimum Gasteiger partial charge on any atom is -0.382 e. The lowest BCUT2D eigenvalue weighted by Crippen LogP contribution is -2.38. The van der Waals surface area contributed by atoms with Crippen molar-refractivity contribution in [3.8, 4) is 0 Å². The second kappa shape index (κ2) is 5.71. The summed E-state index contributed by atoms with van der Waals surface area (Å²) in [4.78, 5) is 14.5. The van der Waals surface area contributed by atoms with Gasteiger partial charge in [0.2, 0.25) is 0 Å². The zero-order valence-electron chi connectivity index (χ0n) is 11.9. The molecule has 1 unspecified atom stereocenters. The molecule has 5 heteroatoms. The summed E-state index contributed by atoms with van der Waals surface area (Å²) in [6.45, 7) is 3.69. The van der Waals surface area contributed by atoms with Crippen LogP contribution in [0, 0.1) is 0 Å². The molecule has 0 aliphatic carbocycles. The molecule has 0 aromatic heterocycles. The molecule has 2 heterocycles. The molecule has 2 aliphatic rings. The molecular weight excluding hydrogens is 252 g/mol. The molecule has 3 rings (SSSR count). The van der Waals surface area contributed by atoms with Crippen LogP contribution in [0.1, 0.15) is 23.2 Å². The van der Waals surface area contributed by atoms with Crippen molar-refractivity contribution in [1.29, 1.82) is 0 Å². The van der Waals surface area contributed by atoms with E-state index < -0.39 is 0 Å². The first-order chi connectivity index (χ1) is 9.74. The number of benzene rings is 1. The average Bonchev–Trinajstić information content (AvgIpc) is 2.89. The van der Waals surface area contributed by atoms with Gasteiger partial charge in [-0.2, -0.15) is 0 Å². The van der Waals surface area contributed by atoms with Crippen molar-refractivity contribution in [1.82, 2.24) is 10.2 Å². The van der Waals surface area contributed by atoms with E-state index in [0.29, 0.717) is 6.04 Å². The Kier molecular flexibility index (Phi) is 3.78. The fraction of sp³-hybridized carbons (Fsp3) is 0.533. The minimum atomic E-state index is 0.0143. The minimum absolute atomic E-state index is 0.0143. The van der Waals surface area contributed by atoms with Gasteiger partial charge in [-0.25, -0.2) is 0 Å². The van der Waals surface area contributed by atoms with Gasteiger partial charge in [0.05, 0.1) is 11.4 Å². The standard InChI is InChI=1S/C15H22N4O/c1-19-8-2-3-12(19)10-18-15(20)11-4-5-13-14(9-11)17-7-6-16-13/h4-5,9,12,16-17H,2-3,6-8,10H2,1H3,(H,18,20). The van der Waals surface area contributed by atoms with E-state index in [9.17, 15) is 4.79 Å². The van der Waals surface area contributed by atoms with Crippen LogP contribution in [0.2, 0.25) is 0 Å². The van der Waals surface area contributed by atoms with E-state index in [0.717, 1.165) is 43.1 Å². The van der Waals surface area contributed by atoms with E-state index in [2.05, 4.69) is 27.9 Å². The van der Waals surface area contributed by atoms with Gasteiger partial charge >= 0.3 is 0 Å². The van der Waals surface area contributed by atoms with Gasteiger partial charge in [-0.15, -0.1) is 0 Å². The topological polar surface area (TPSA) is 56.4 Å². The third kappa shape index (κ3) is 2.72. The molecule has 1 atom stereocenters. The quantitative estimate of drug-likeness (QED) is 0.779. The molecule has 3 N–H and O–H groups in total. The van der Waals surface area contributed by atoms with Gasteiger partial charge in [0.15, 0.2) is 0 Å². The van der Waals surface area contributed by atoms with Crippen LogP contribution in [-0.4, -0.2) is 50.1 Å². The van der Waals surface area contributed by atoms with Gasteiger partial charge in [0.1, 0.15) is 0 Å². The molecule has 0 saturated carbocycles. The summed E-state index contributed by atoms with van der Waals surface area (Å²) in [5.41, 5.74) is 2.81. The predicted molar refractivity (Wildman–Crippen MR) is 81.4 cm³/mol. The highest BCUT2D eigenvalue weighted by molar-refractivity contribution is 5.96. The number of rotatable bonds is 3. The first-order valence-electron chi connectivity index (χ1n) is 7.34. The van der Waals surface area contributed by atoms with E-state index in [4.69, 9.17) is 0 Å². The summed E-state index contributed by atoms with van der Waals surface area (Å²) >= 11 is 0. The second-order valence-corrected chi connectivity index (χ2v) is 5.60. The molecule has 1 aromatic carbocycles. The molecule has 1 fully saturated rings. The molecular formula is C15H22N4O. The Balaban J connectivity index is 1.62. The smallest absolute Gasteiger partial charge is 0.251 e. The summed E-state index contributed by atoms with van der Waals surface area (Å²) < 4.78 is 0. The van der Waals surface area contributed by atoms with Crippen LogP contribution < -0.4 is 16.0 Å². The lowest BCUT2D eigenvalue weighted by Gasteiger charge is -2.21. The predicted octanol–water partition coefficient (Wildman–Crippen LogP) is 1.35. The fourth-order valence-corrected chi connectivity index (χ4v) is 2.93. The maximum absolute atomic E-state index is 12.2. The Morgan fingerprint density at radius 2 is 2.15 bits per heavy atom. The number of anilines is 2. The van der Waals surface area contributed by atoms with Crippen LogP contribution in [0.15, 0.2) is 18.2 Å². The summed E-state index contributed by atoms with van der Waals surface area (Å²) in [7, 11) is 2.12. The van der Waals surface area contributed by atoms with Crippen LogP contribution >= 0.6 is 0 Å². The molecule has 108 valence electrons. The number of likely N-dealkylation sites (N-methyl/N-ethyl adjacent to an activating group) is 1. The fourth-order valence-electron chi connectivity index (χ4n) is 2.93.